The van der Waals surface area contributed by atoms with Gasteiger partial charge < -0.3 is 0 Å². The van der Waals surface area contributed by atoms with Crippen molar-refractivity contribution in [1.29, 1.82) is 0 Å². The number of rotatable bonds is 17. The van der Waals surface area contributed by atoms with Gasteiger partial charge in [0.25, 0.3) is 0 Å². The molecule has 25 heavy (non-hydrogen) atoms. The largest absolute Gasteiger partial charge is 0.342 e. The van der Waals surface area contributed by atoms with E-state index in [4.69, 9.17) is 9.78 Å². The predicted molar refractivity (Wildman–Crippen MR) is 106 cm³/mol. The number of hydrogen-bond donors (Lipinski definition) is 0. The Labute approximate surface area is 157 Å². The van der Waals surface area contributed by atoms with Crippen LogP contribution in [0.15, 0.2) is 0 Å². The van der Waals surface area contributed by atoms with Gasteiger partial charge in [0.2, 0.25) is 0 Å². The van der Waals surface area contributed by atoms with Crippen molar-refractivity contribution >= 4 is 5.97 Å². The average Bonchev–Trinajstić information content (AvgIpc) is 2.56. The lowest BCUT2D eigenvalue weighted by atomic mass is 10.0. The molecule has 0 aromatic rings. The van der Waals surface area contributed by atoms with E-state index in [0.717, 1.165) is 12.8 Å². The van der Waals surface area contributed by atoms with E-state index in [2.05, 4.69) is 6.92 Å². The molecule has 0 aromatic heterocycles. The fourth-order valence-corrected chi connectivity index (χ4v) is 2.85. The topological polar surface area (TPSA) is 35.5 Å². The van der Waals surface area contributed by atoms with Crippen LogP contribution in [-0.2, 0) is 14.6 Å². The van der Waals surface area contributed by atoms with Gasteiger partial charge in [0.15, 0.2) is 0 Å². The molecule has 3 nitrogen and oxygen atoms in total. The zero-order valence-electron chi connectivity index (χ0n) is 17.5. The van der Waals surface area contributed by atoms with Gasteiger partial charge in [-0.2, -0.15) is 4.89 Å². The van der Waals surface area contributed by atoms with Crippen molar-refractivity contribution < 1.29 is 14.6 Å². The van der Waals surface area contributed by atoms with E-state index in [0.29, 0.717) is 6.42 Å². The second kappa shape index (κ2) is 16.9. The second-order valence-electron chi connectivity index (χ2n) is 8.35. The average molecular weight is 357 g/mol. The predicted octanol–water partition coefficient (Wildman–Crippen LogP) is 7.52. The molecule has 0 fully saturated rings. The minimum atomic E-state index is -0.426. The molecule has 0 aliphatic heterocycles. The van der Waals surface area contributed by atoms with E-state index in [1.54, 1.807) is 0 Å². The van der Waals surface area contributed by atoms with E-state index in [-0.39, 0.29) is 5.97 Å². The van der Waals surface area contributed by atoms with E-state index < -0.39 is 5.60 Å². The van der Waals surface area contributed by atoms with Crippen LogP contribution >= 0.6 is 0 Å². The van der Waals surface area contributed by atoms with E-state index >= 15 is 0 Å². The fourth-order valence-electron chi connectivity index (χ4n) is 2.85. The van der Waals surface area contributed by atoms with Gasteiger partial charge in [-0.05, 0) is 27.2 Å². The molecule has 150 valence electrons. The van der Waals surface area contributed by atoms with Crippen LogP contribution < -0.4 is 0 Å². The van der Waals surface area contributed by atoms with Gasteiger partial charge >= 0.3 is 5.97 Å². The summed E-state index contributed by atoms with van der Waals surface area (Å²) in [7, 11) is 0. The highest BCUT2D eigenvalue weighted by atomic mass is 17.2. The lowest BCUT2D eigenvalue weighted by Gasteiger charge is -2.16. The summed E-state index contributed by atoms with van der Waals surface area (Å²) in [6, 6.07) is 0. The van der Waals surface area contributed by atoms with Crippen molar-refractivity contribution in [3.05, 3.63) is 0 Å². The number of carbonyl (C=O) groups excluding carboxylic acids is 1. The van der Waals surface area contributed by atoms with E-state index in [1.807, 2.05) is 20.8 Å². The molecule has 0 amide bonds. The Morgan fingerprint density at radius 1 is 0.640 bits per heavy atom. The number of hydrogen-bond acceptors (Lipinski definition) is 3. The molecule has 0 aliphatic rings. The van der Waals surface area contributed by atoms with Gasteiger partial charge in [-0.15, -0.1) is 0 Å². The van der Waals surface area contributed by atoms with Crippen LogP contribution in [0.25, 0.3) is 0 Å². The SMILES string of the molecule is CCCCCCCCCCCCCCCCCC(=O)OOC(C)(C)C. The Morgan fingerprint density at radius 3 is 1.36 bits per heavy atom. The van der Waals surface area contributed by atoms with Gasteiger partial charge in [0, 0.05) is 6.42 Å². The summed E-state index contributed by atoms with van der Waals surface area (Å²) < 4.78 is 0. The van der Waals surface area contributed by atoms with Crippen LogP contribution in [-0.4, -0.2) is 11.6 Å². The van der Waals surface area contributed by atoms with Crippen LogP contribution in [0.1, 0.15) is 130 Å². The summed E-state index contributed by atoms with van der Waals surface area (Å²) in [5, 5.41) is 0. The van der Waals surface area contributed by atoms with Crippen LogP contribution in [0, 0.1) is 0 Å². The molecule has 0 N–H and O–H groups in total. The number of carbonyl (C=O) groups is 1. The first-order valence-corrected chi connectivity index (χ1v) is 10.8. The molecule has 0 heterocycles. The highest BCUT2D eigenvalue weighted by molar-refractivity contribution is 5.68. The first-order chi connectivity index (χ1) is 12.0. The standard InChI is InChI=1S/C22H44O3/c1-5-6-7-8-9-10-11-12-13-14-15-16-17-18-19-20-21(23)24-25-22(2,3)4/h5-20H2,1-4H3. The van der Waals surface area contributed by atoms with Crippen molar-refractivity contribution in [3.63, 3.8) is 0 Å². The summed E-state index contributed by atoms with van der Waals surface area (Å²) in [6.07, 6.45) is 20.4. The molecule has 0 aliphatic carbocycles. The summed E-state index contributed by atoms with van der Waals surface area (Å²) in [6.45, 7) is 7.88. The highest BCUT2D eigenvalue weighted by Crippen LogP contribution is 2.14. The summed E-state index contributed by atoms with van der Waals surface area (Å²) >= 11 is 0. The maximum absolute atomic E-state index is 11.5. The molecular weight excluding hydrogens is 312 g/mol. The van der Waals surface area contributed by atoms with Crippen molar-refractivity contribution in [2.45, 2.75) is 136 Å². The van der Waals surface area contributed by atoms with Gasteiger partial charge in [-0.3, -0.25) is 4.89 Å². The van der Waals surface area contributed by atoms with Crippen molar-refractivity contribution in [2.24, 2.45) is 0 Å². The summed E-state index contributed by atoms with van der Waals surface area (Å²) in [5.41, 5.74) is -0.426. The monoisotopic (exact) mass is 356 g/mol. The lowest BCUT2D eigenvalue weighted by molar-refractivity contribution is -0.320. The van der Waals surface area contributed by atoms with E-state index in [1.165, 1.54) is 83.5 Å². The van der Waals surface area contributed by atoms with Crippen molar-refractivity contribution in [1.82, 2.24) is 0 Å². The van der Waals surface area contributed by atoms with Crippen LogP contribution in [0.5, 0.6) is 0 Å². The molecule has 0 rings (SSSR count). The Kier molecular flexibility index (Phi) is 16.5. The minimum Gasteiger partial charge on any atom is -0.298 e. The van der Waals surface area contributed by atoms with Gasteiger partial charge in [0.1, 0.15) is 5.60 Å². The van der Waals surface area contributed by atoms with Gasteiger partial charge in [-0.1, -0.05) is 96.8 Å². The van der Waals surface area contributed by atoms with Crippen LogP contribution in [0.4, 0.5) is 0 Å². The lowest BCUT2D eigenvalue weighted by Crippen LogP contribution is -2.21. The third-order valence-electron chi connectivity index (χ3n) is 4.37. The minimum absolute atomic E-state index is 0.246. The van der Waals surface area contributed by atoms with Gasteiger partial charge in [-0.25, -0.2) is 4.79 Å². The van der Waals surface area contributed by atoms with Crippen LogP contribution in [0.2, 0.25) is 0 Å². The second-order valence-corrected chi connectivity index (χ2v) is 8.35. The quantitative estimate of drug-likeness (QED) is 0.153. The Morgan fingerprint density at radius 2 is 1.00 bits per heavy atom. The summed E-state index contributed by atoms with van der Waals surface area (Å²) in [4.78, 5) is 21.3. The highest BCUT2D eigenvalue weighted by Gasteiger charge is 2.14. The maximum Gasteiger partial charge on any atom is 0.342 e. The van der Waals surface area contributed by atoms with Crippen LogP contribution in [0.3, 0.4) is 0 Å². The molecule has 0 unspecified atom stereocenters. The third-order valence-corrected chi connectivity index (χ3v) is 4.37. The molecule has 0 bridgehead atoms. The first-order valence-electron chi connectivity index (χ1n) is 10.8. The molecule has 0 spiro atoms. The van der Waals surface area contributed by atoms with Crippen molar-refractivity contribution in [3.8, 4) is 0 Å². The molecule has 0 radical (unpaired) electrons. The first kappa shape index (κ1) is 24.4. The maximum atomic E-state index is 11.5. The zero-order chi connectivity index (χ0) is 18.8. The smallest absolute Gasteiger partial charge is 0.298 e. The summed E-state index contributed by atoms with van der Waals surface area (Å²) in [5.74, 6) is -0.246. The Hall–Kier alpha value is -0.570. The number of unbranched alkanes of at least 4 members (excludes halogenated alkanes) is 14. The molecule has 3 heteroatoms. The molecule has 0 saturated carbocycles. The Balaban J connectivity index is 3.15. The van der Waals surface area contributed by atoms with Crippen molar-refractivity contribution in [2.75, 3.05) is 0 Å². The third kappa shape index (κ3) is 21.4. The molecule has 0 atom stereocenters. The fraction of sp³-hybridized carbons (Fsp3) is 0.955. The van der Waals surface area contributed by atoms with Gasteiger partial charge in [0.05, 0.1) is 0 Å². The molecule has 0 aromatic carbocycles. The Bertz CT molecular complexity index is 294. The molecule has 0 saturated heterocycles. The normalized spacial score (nSPS) is 11.7. The zero-order valence-corrected chi connectivity index (χ0v) is 17.5. The molecular formula is C22H44O3. The van der Waals surface area contributed by atoms with E-state index in [9.17, 15) is 4.79 Å².